The first-order valence-corrected chi connectivity index (χ1v) is 9.82. The third-order valence-electron chi connectivity index (χ3n) is 5.40. The minimum atomic E-state index is -0.628. The highest BCUT2D eigenvalue weighted by molar-refractivity contribution is 6.00. The van der Waals surface area contributed by atoms with Crippen molar-refractivity contribution in [2.45, 2.75) is 12.5 Å². The molecule has 0 radical (unpaired) electrons. The van der Waals surface area contributed by atoms with Gasteiger partial charge in [-0.25, -0.2) is 0 Å². The minimum absolute atomic E-state index is 0.0354. The molecule has 0 spiro atoms. The van der Waals surface area contributed by atoms with Gasteiger partial charge in [-0.3, -0.25) is 20.0 Å². The SMILES string of the molecule is COCCCN1C(=O)c2[nH]nc(-c3ccc(OC)cc3)c2C1c1ccccc1[N+](=O)[O-]. The molecule has 0 bridgehead atoms. The van der Waals surface area contributed by atoms with Gasteiger partial charge >= 0.3 is 0 Å². The molecule has 3 aromatic rings. The molecular formula is C22H22N4O5. The summed E-state index contributed by atoms with van der Waals surface area (Å²) in [6.45, 7) is 0.874. The predicted molar refractivity (Wildman–Crippen MR) is 113 cm³/mol. The fourth-order valence-electron chi connectivity index (χ4n) is 3.98. The zero-order valence-corrected chi connectivity index (χ0v) is 17.2. The minimum Gasteiger partial charge on any atom is -0.497 e. The number of hydrogen-bond acceptors (Lipinski definition) is 6. The maximum Gasteiger partial charge on any atom is 0.275 e. The number of nitrogens with zero attached hydrogens (tertiary/aromatic N) is 3. The summed E-state index contributed by atoms with van der Waals surface area (Å²) in [6, 6.07) is 13.2. The number of aromatic nitrogens is 2. The van der Waals surface area contributed by atoms with E-state index < -0.39 is 11.0 Å². The van der Waals surface area contributed by atoms with E-state index >= 15 is 0 Å². The Morgan fingerprint density at radius 3 is 2.58 bits per heavy atom. The number of amides is 1. The molecule has 31 heavy (non-hydrogen) atoms. The summed E-state index contributed by atoms with van der Waals surface area (Å²) in [7, 11) is 3.18. The second kappa shape index (κ2) is 8.57. The van der Waals surface area contributed by atoms with E-state index in [0.29, 0.717) is 47.8 Å². The average molecular weight is 422 g/mol. The average Bonchev–Trinajstić information content (AvgIpc) is 3.33. The Kier molecular flexibility index (Phi) is 5.68. The van der Waals surface area contributed by atoms with Crippen molar-refractivity contribution < 1.29 is 19.2 Å². The number of aromatic amines is 1. The number of nitro groups is 1. The van der Waals surface area contributed by atoms with Crippen molar-refractivity contribution in [1.29, 1.82) is 0 Å². The number of rotatable bonds is 8. The topological polar surface area (TPSA) is 111 Å². The van der Waals surface area contributed by atoms with Crippen LogP contribution in [0, 0.1) is 10.1 Å². The molecule has 160 valence electrons. The summed E-state index contributed by atoms with van der Waals surface area (Å²) >= 11 is 0. The summed E-state index contributed by atoms with van der Waals surface area (Å²) in [5.74, 6) is 0.463. The van der Waals surface area contributed by atoms with Gasteiger partial charge in [-0.2, -0.15) is 5.10 Å². The van der Waals surface area contributed by atoms with Gasteiger partial charge in [0, 0.05) is 37.5 Å². The largest absolute Gasteiger partial charge is 0.497 e. The van der Waals surface area contributed by atoms with Crippen LogP contribution in [-0.4, -0.2) is 53.3 Å². The summed E-state index contributed by atoms with van der Waals surface area (Å²) in [5.41, 5.74) is 2.78. The fraction of sp³-hybridized carbons (Fsp3) is 0.273. The van der Waals surface area contributed by atoms with E-state index in [4.69, 9.17) is 9.47 Å². The number of methoxy groups -OCH3 is 2. The van der Waals surface area contributed by atoms with Crippen LogP contribution >= 0.6 is 0 Å². The lowest BCUT2D eigenvalue weighted by Gasteiger charge is -2.26. The van der Waals surface area contributed by atoms with Gasteiger partial charge in [-0.05, 0) is 36.8 Å². The smallest absolute Gasteiger partial charge is 0.275 e. The number of H-pyrrole nitrogens is 1. The second-order valence-electron chi connectivity index (χ2n) is 7.15. The highest BCUT2D eigenvalue weighted by Crippen LogP contribution is 2.45. The molecule has 1 atom stereocenters. The van der Waals surface area contributed by atoms with Crippen molar-refractivity contribution in [3.63, 3.8) is 0 Å². The van der Waals surface area contributed by atoms with Crippen LogP contribution in [0.5, 0.6) is 5.75 Å². The molecule has 1 amide bonds. The summed E-state index contributed by atoms with van der Waals surface area (Å²) in [5, 5.41) is 19.0. The van der Waals surface area contributed by atoms with Crippen LogP contribution in [0.25, 0.3) is 11.3 Å². The summed E-state index contributed by atoms with van der Waals surface area (Å²) in [4.78, 5) is 26.2. The summed E-state index contributed by atoms with van der Waals surface area (Å²) in [6.07, 6.45) is 0.606. The number of carbonyl (C=O) groups is 1. The number of nitro benzene ring substituents is 1. The molecule has 1 aliphatic rings. The van der Waals surface area contributed by atoms with Crippen molar-refractivity contribution in [2.24, 2.45) is 0 Å². The molecule has 4 rings (SSSR count). The lowest BCUT2D eigenvalue weighted by Crippen LogP contribution is -2.31. The van der Waals surface area contributed by atoms with Gasteiger partial charge in [-0.15, -0.1) is 0 Å². The number of nitrogens with one attached hydrogen (secondary N) is 1. The predicted octanol–water partition coefficient (Wildman–Crippen LogP) is 3.58. The lowest BCUT2D eigenvalue weighted by molar-refractivity contribution is -0.385. The van der Waals surface area contributed by atoms with Gasteiger partial charge < -0.3 is 14.4 Å². The summed E-state index contributed by atoms with van der Waals surface area (Å²) < 4.78 is 10.4. The monoisotopic (exact) mass is 422 g/mol. The van der Waals surface area contributed by atoms with E-state index in [1.54, 1.807) is 37.3 Å². The first-order valence-electron chi connectivity index (χ1n) is 9.82. The van der Waals surface area contributed by atoms with Crippen molar-refractivity contribution >= 4 is 11.6 Å². The molecule has 1 aromatic heterocycles. The van der Waals surface area contributed by atoms with Gasteiger partial charge in [0.15, 0.2) is 0 Å². The first-order chi connectivity index (χ1) is 15.1. The Morgan fingerprint density at radius 2 is 1.90 bits per heavy atom. The highest BCUT2D eigenvalue weighted by atomic mass is 16.6. The van der Waals surface area contributed by atoms with E-state index in [2.05, 4.69) is 10.2 Å². The van der Waals surface area contributed by atoms with Crippen molar-refractivity contribution in [2.75, 3.05) is 27.4 Å². The van der Waals surface area contributed by atoms with Gasteiger partial charge in [0.25, 0.3) is 11.6 Å². The van der Waals surface area contributed by atoms with Crippen molar-refractivity contribution in [1.82, 2.24) is 15.1 Å². The molecule has 0 saturated carbocycles. The van der Waals surface area contributed by atoms with Gasteiger partial charge in [0.2, 0.25) is 0 Å². The molecule has 0 aliphatic carbocycles. The fourth-order valence-corrected chi connectivity index (χ4v) is 3.98. The molecule has 0 saturated heterocycles. The number of para-hydroxylation sites is 1. The zero-order chi connectivity index (χ0) is 22.0. The van der Waals surface area contributed by atoms with Crippen LogP contribution in [-0.2, 0) is 4.74 Å². The maximum absolute atomic E-state index is 13.2. The van der Waals surface area contributed by atoms with Crippen LogP contribution < -0.4 is 4.74 Å². The van der Waals surface area contributed by atoms with Crippen molar-refractivity contribution in [3.8, 4) is 17.0 Å². The maximum atomic E-state index is 13.2. The lowest BCUT2D eigenvalue weighted by atomic mass is 9.95. The second-order valence-corrected chi connectivity index (χ2v) is 7.15. The van der Waals surface area contributed by atoms with Crippen LogP contribution in [0.15, 0.2) is 48.5 Å². The van der Waals surface area contributed by atoms with Gasteiger partial charge in [-0.1, -0.05) is 12.1 Å². The number of fused-ring (bicyclic) bond motifs is 1. The molecule has 9 nitrogen and oxygen atoms in total. The van der Waals surface area contributed by atoms with Crippen LogP contribution in [0.3, 0.4) is 0 Å². The van der Waals surface area contributed by atoms with Gasteiger partial charge in [0.1, 0.15) is 11.4 Å². The van der Waals surface area contributed by atoms with Crippen molar-refractivity contribution in [3.05, 3.63) is 75.5 Å². The Morgan fingerprint density at radius 1 is 1.16 bits per heavy atom. The third kappa shape index (κ3) is 3.64. The molecule has 2 aromatic carbocycles. The number of benzene rings is 2. The Hall–Kier alpha value is -3.72. The van der Waals surface area contributed by atoms with Crippen LogP contribution in [0.4, 0.5) is 5.69 Å². The van der Waals surface area contributed by atoms with Gasteiger partial charge in [0.05, 0.1) is 29.3 Å². The zero-order valence-electron chi connectivity index (χ0n) is 17.2. The Balaban J connectivity index is 1.86. The van der Waals surface area contributed by atoms with E-state index in [1.807, 2.05) is 24.3 Å². The molecule has 1 N–H and O–H groups in total. The Labute approximate surface area is 178 Å². The number of carbonyl (C=O) groups excluding carboxylic acids is 1. The third-order valence-corrected chi connectivity index (χ3v) is 5.40. The van der Waals surface area contributed by atoms with E-state index in [-0.39, 0.29) is 11.6 Å². The van der Waals surface area contributed by atoms with Crippen LogP contribution in [0.2, 0.25) is 0 Å². The molecular weight excluding hydrogens is 400 g/mol. The van der Waals surface area contributed by atoms with E-state index in [9.17, 15) is 14.9 Å². The normalized spacial score (nSPS) is 15.2. The standard InChI is InChI=1S/C22H22N4O5/c1-30-13-5-12-25-21(16-6-3-4-7-17(16)26(28)29)18-19(23-24-20(18)22(25)27)14-8-10-15(31-2)11-9-14/h3-4,6-11,21H,5,12-13H2,1-2H3,(H,23,24). The number of hydrogen-bond donors (Lipinski definition) is 1. The van der Waals surface area contributed by atoms with E-state index in [0.717, 1.165) is 5.56 Å². The number of ether oxygens (including phenoxy) is 2. The quantitative estimate of drug-likeness (QED) is 0.337. The molecule has 2 heterocycles. The molecule has 0 fully saturated rings. The molecule has 1 unspecified atom stereocenters. The highest BCUT2D eigenvalue weighted by Gasteiger charge is 2.44. The van der Waals surface area contributed by atoms with E-state index in [1.165, 1.54) is 6.07 Å². The first kappa shape index (κ1) is 20.5. The molecule has 1 aliphatic heterocycles. The van der Waals surface area contributed by atoms with Crippen LogP contribution in [0.1, 0.15) is 34.1 Å². The Bertz CT molecular complexity index is 1110. The molecule has 9 heteroatoms.